The quantitative estimate of drug-likeness (QED) is 0.797. The number of H-pyrrole nitrogens is 1. The number of thiophene rings is 1. The van der Waals surface area contributed by atoms with Gasteiger partial charge in [0, 0.05) is 17.6 Å². The molecule has 0 fully saturated rings. The highest BCUT2D eigenvalue weighted by atomic mass is 32.1. The standard InChI is InChI=1S/C13H16N2OS/c1-15(8-6-11-4-3-9-17-11)10-13(16)12-5-2-7-14-12/h2-5,7,9,14H,6,8,10H2,1H3. The van der Waals surface area contributed by atoms with Crippen LogP contribution in [-0.2, 0) is 6.42 Å². The van der Waals surface area contributed by atoms with Crippen molar-refractivity contribution in [2.75, 3.05) is 20.1 Å². The summed E-state index contributed by atoms with van der Waals surface area (Å²) < 4.78 is 0. The molecular formula is C13H16N2OS. The second-order valence-electron chi connectivity index (χ2n) is 4.07. The molecule has 0 saturated heterocycles. The maximum Gasteiger partial charge on any atom is 0.192 e. The number of rotatable bonds is 6. The molecule has 2 aromatic rings. The number of carbonyl (C=O) groups is 1. The van der Waals surface area contributed by atoms with Crippen LogP contribution < -0.4 is 0 Å². The molecule has 0 aliphatic carbocycles. The van der Waals surface area contributed by atoms with Gasteiger partial charge in [-0.1, -0.05) is 6.07 Å². The van der Waals surface area contributed by atoms with Gasteiger partial charge in [0.25, 0.3) is 0 Å². The normalized spacial score (nSPS) is 10.9. The summed E-state index contributed by atoms with van der Waals surface area (Å²) in [6.45, 7) is 1.37. The Kier molecular flexibility index (Phi) is 4.12. The monoisotopic (exact) mass is 248 g/mol. The molecule has 2 heterocycles. The van der Waals surface area contributed by atoms with Crippen LogP contribution >= 0.6 is 11.3 Å². The van der Waals surface area contributed by atoms with Crippen molar-refractivity contribution in [2.45, 2.75) is 6.42 Å². The van der Waals surface area contributed by atoms with Gasteiger partial charge in [0.15, 0.2) is 5.78 Å². The van der Waals surface area contributed by atoms with Gasteiger partial charge >= 0.3 is 0 Å². The first-order valence-electron chi connectivity index (χ1n) is 5.63. The Morgan fingerprint density at radius 2 is 2.29 bits per heavy atom. The van der Waals surface area contributed by atoms with Gasteiger partial charge in [-0.05, 0) is 37.0 Å². The maximum atomic E-state index is 11.8. The lowest BCUT2D eigenvalue weighted by molar-refractivity contribution is 0.0942. The van der Waals surface area contributed by atoms with Crippen molar-refractivity contribution in [1.82, 2.24) is 9.88 Å². The predicted octanol–water partition coefficient (Wildman–Crippen LogP) is 2.43. The lowest BCUT2D eigenvalue weighted by Crippen LogP contribution is -2.28. The van der Waals surface area contributed by atoms with E-state index in [-0.39, 0.29) is 5.78 Å². The summed E-state index contributed by atoms with van der Waals surface area (Å²) in [5.41, 5.74) is 0.688. The van der Waals surface area contributed by atoms with E-state index >= 15 is 0 Å². The van der Waals surface area contributed by atoms with E-state index < -0.39 is 0 Å². The molecule has 90 valence electrons. The van der Waals surface area contributed by atoms with E-state index in [2.05, 4.69) is 27.4 Å². The van der Waals surface area contributed by atoms with E-state index in [1.54, 1.807) is 17.5 Å². The highest BCUT2D eigenvalue weighted by Gasteiger charge is 2.09. The number of Topliss-reactive ketones (excluding diaryl/α,β-unsaturated/α-hetero) is 1. The van der Waals surface area contributed by atoms with Gasteiger partial charge < -0.3 is 4.98 Å². The lowest BCUT2D eigenvalue weighted by atomic mass is 10.2. The molecule has 0 radical (unpaired) electrons. The van der Waals surface area contributed by atoms with Crippen LogP contribution in [0.1, 0.15) is 15.4 Å². The Morgan fingerprint density at radius 3 is 2.94 bits per heavy atom. The maximum absolute atomic E-state index is 11.8. The van der Waals surface area contributed by atoms with Crippen LogP contribution in [0.4, 0.5) is 0 Å². The Bertz CT molecular complexity index is 448. The largest absolute Gasteiger partial charge is 0.359 e. The molecule has 2 aromatic heterocycles. The summed E-state index contributed by atoms with van der Waals surface area (Å²) in [6.07, 6.45) is 2.78. The number of carbonyl (C=O) groups excluding carboxylic acids is 1. The van der Waals surface area contributed by atoms with Crippen molar-refractivity contribution < 1.29 is 4.79 Å². The number of likely N-dealkylation sites (N-methyl/N-ethyl adjacent to an activating group) is 1. The number of hydrogen-bond acceptors (Lipinski definition) is 3. The third-order valence-corrected chi connectivity index (χ3v) is 3.57. The minimum absolute atomic E-state index is 0.142. The molecule has 17 heavy (non-hydrogen) atoms. The van der Waals surface area contributed by atoms with Gasteiger partial charge in [-0.15, -0.1) is 11.3 Å². The molecule has 0 unspecified atom stereocenters. The van der Waals surface area contributed by atoms with Gasteiger partial charge in [0.1, 0.15) is 0 Å². The van der Waals surface area contributed by atoms with E-state index in [1.165, 1.54) is 4.88 Å². The molecule has 0 saturated carbocycles. The van der Waals surface area contributed by atoms with Crippen molar-refractivity contribution in [1.29, 1.82) is 0 Å². The predicted molar refractivity (Wildman–Crippen MR) is 70.6 cm³/mol. The average Bonchev–Trinajstić information content (AvgIpc) is 2.99. The molecule has 0 bridgehead atoms. The van der Waals surface area contributed by atoms with Gasteiger partial charge in [-0.3, -0.25) is 9.69 Å². The topological polar surface area (TPSA) is 36.1 Å². The molecule has 0 aromatic carbocycles. The first kappa shape index (κ1) is 12.1. The molecule has 1 N–H and O–H groups in total. The molecule has 3 nitrogen and oxygen atoms in total. The van der Waals surface area contributed by atoms with Crippen LogP contribution in [0.15, 0.2) is 35.8 Å². The summed E-state index contributed by atoms with van der Waals surface area (Å²) in [7, 11) is 1.98. The van der Waals surface area contributed by atoms with E-state index in [4.69, 9.17) is 0 Å². The van der Waals surface area contributed by atoms with Crippen LogP contribution in [0.2, 0.25) is 0 Å². The van der Waals surface area contributed by atoms with Crippen molar-refractivity contribution >= 4 is 17.1 Å². The molecule has 4 heteroatoms. The Hall–Kier alpha value is -1.39. The Labute approximate surface area is 105 Å². The fraction of sp³-hybridized carbons (Fsp3) is 0.308. The number of aromatic nitrogens is 1. The van der Waals surface area contributed by atoms with Crippen molar-refractivity contribution in [3.63, 3.8) is 0 Å². The summed E-state index contributed by atoms with van der Waals surface area (Å²) in [5, 5.41) is 2.08. The summed E-state index contributed by atoms with van der Waals surface area (Å²) in [5.74, 6) is 0.142. The highest BCUT2D eigenvalue weighted by Crippen LogP contribution is 2.09. The second kappa shape index (κ2) is 5.80. The first-order chi connectivity index (χ1) is 8.25. The van der Waals surface area contributed by atoms with E-state index in [1.807, 2.05) is 19.2 Å². The Balaban J connectivity index is 1.77. The first-order valence-corrected chi connectivity index (χ1v) is 6.51. The van der Waals surface area contributed by atoms with Crippen LogP contribution in [-0.4, -0.2) is 35.8 Å². The van der Waals surface area contributed by atoms with Crippen LogP contribution in [0.5, 0.6) is 0 Å². The van der Waals surface area contributed by atoms with E-state index in [0.29, 0.717) is 12.2 Å². The second-order valence-corrected chi connectivity index (χ2v) is 5.11. The molecular weight excluding hydrogens is 232 g/mol. The molecule has 0 amide bonds. The molecule has 2 rings (SSSR count). The summed E-state index contributed by atoms with van der Waals surface area (Å²) in [4.78, 5) is 18.2. The number of nitrogens with one attached hydrogen (secondary N) is 1. The zero-order valence-corrected chi connectivity index (χ0v) is 10.7. The molecule has 0 aliphatic rings. The van der Waals surface area contributed by atoms with E-state index in [0.717, 1.165) is 13.0 Å². The zero-order valence-electron chi connectivity index (χ0n) is 9.85. The number of ketones is 1. The third kappa shape index (κ3) is 3.54. The summed E-state index contributed by atoms with van der Waals surface area (Å²) >= 11 is 1.76. The van der Waals surface area contributed by atoms with Gasteiger partial charge in [0.2, 0.25) is 0 Å². The molecule has 0 atom stereocenters. The fourth-order valence-corrected chi connectivity index (χ4v) is 2.37. The Morgan fingerprint density at radius 1 is 1.41 bits per heavy atom. The average molecular weight is 248 g/mol. The molecule has 0 aliphatic heterocycles. The SMILES string of the molecule is CN(CCc1cccs1)CC(=O)c1ccc[nH]1. The zero-order chi connectivity index (χ0) is 12.1. The van der Waals surface area contributed by atoms with Crippen LogP contribution in [0, 0.1) is 0 Å². The van der Waals surface area contributed by atoms with Gasteiger partial charge in [0.05, 0.1) is 12.2 Å². The van der Waals surface area contributed by atoms with Gasteiger partial charge in [-0.2, -0.15) is 0 Å². The number of hydrogen-bond donors (Lipinski definition) is 1. The fourth-order valence-electron chi connectivity index (χ4n) is 1.67. The lowest BCUT2D eigenvalue weighted by Gasteiger charge is -2.14. The minimum Gasteiger partial charge on any atom is -0.359 e. The third-order valence-electron chi connectivity index (χ3n) is 2.63. The highest BCUT2D eigenvalue weighted by molar-refractivity contribution is 7.09. The summed E-state index contributed by atoms with van der Waals surface area (Å²) in [6, 6.07) is 7.85. The van der Waals surface area contributed by atoms with Gasteiger partial charge in [-0.25, -0.2) is 0 Å². The molecule has 0 spiro atoms. The van der Waals surface area contributed by atoms with Crippen LogP contribution in [0.3, 0.4) is 0 Å². The minimum atomic E-state index is 0.142. The number of nitrogens with zero attached hydrogens (tertiary/aromatic N) is 1. The number of aromatic amines is 1. The van der Waals surface area contributed by atoms with Crippen molar-refractivity contribution in [2.24, 2.45) is 0 Å². The van der Waals surface area contributed by atoms with Crippen molar-refractivity contribution in [3.05, 3.63) is 46.4 Å². The smallest absolute Gasteiger partial charge is 0.192 e. The van der Waals surface area contributed by atoms with Crippen molar-refractivity contribution in [3.8, 4) is 0 Å². The van der Waals surface area contributed by atoms with E-state index in [9.17, 15) is 4.79 Å². The van der Waals surface area contributed by atoms with Crippen LogP contribution in [0.25, 0.3) is 0 Å².